The maximum absolute atomic E-state index is 14.8. The molecule has 10 amide bonds. The van der Waals surface area contributed by atoms with Crippen molar-refractivity contribution in [3.8, 4) is 0 Å². The zero-order chi connectivity index (χ0) is 60.1. The molecule has 0 saturated carbocycles. The lowest BCUT2D eigenvalue weighted by molar-refractivity contribution is -0.156. The van der Waals surface area contributed by atoms with E-state index in [2.05, 4.69) is 20.7 Å². The normalized spacial score (nSPS) is 15.4. The summed E-state index contributed by atoms with van der Waals surface area (Å²) in [5.74, 6) is -8.03. The van der Waals surface area contributed by atoms with Gasteiger partial charge >= 0.3 is 18.0 Å². The third-order valence-corrected chi connectivity index (χ3v) is 13.4. The number of allylic oxidation sites excluding steroid dienone is 2. The number of carbonyl (C=O) groups is 11. The van der Waals surface area contributed by atoms with Gasteiger partial charge in [-0.2, -0.15) is 0 Å². The SMILES string of the molecule is C/C=C/C[C@@H](C)[C@@H](OC(C)=O)C(C(=O)N[C@@H](CC)C(=O)N(C)CC(=O)OC)N(C)C(=O)N(C)C(=O)[C@H](CC(C)C)N(C)C(=O)[C@H](CC(C)C)N(C)C(=O)[C@@H](C)NC(=O)[C@@H](C)NC(=O)[C@H](CC(C)C)N(C)C(=O)[C@@H](N)C(C)C. The molecule has 77 heavy (non-hydrogen) atoms. The Hall–Kier alpha value is -6.13. The van der Waals surface area contributed by atoms with Crippen LogP contribution in [-0.4, -0.2) is 205 Å². The average Bonchev–Trinajstić information content (AvgIpc) is 3.36. The van der Waals surface area contributed by atoms with Crippen LogP contribution in [0.2, 0.25) is 0 Å². The van der Waals surface area contributed by atoms with E-state index in [0.717, 1.165) is 28.7 Å². The Labute approximate surface area is 458 Å². The summed E-state index contributed by atoms with van der Waals surface area (Å²) in [6, 6.07) is -10.4. The number of urea groups is 1. The van der Waals surface area contributed by atoms with Gasteiger partial charge in [-0.25, -0.2) is 4.79 Å². The number of likely N-dealkylation sites (N-methyl/N-ethyl adjacent to an activating group) is 6. The fraction of sp³-hybridized carbons (Fsp3) is 0.759. The van der Waals surface area contributed by atoms with Crippen molar-refractivity contribution in [3.05, 3.63) is 12.2 Å². The minimum Gasteiger partial charge on any atom is -0.468 e. The Bertz CT molecular complexity index is 2060. The molecular formula is C54H96N10O13. The van der Waals surface area contributed by atoms with Gasteiger partial charge in [0, 0.05) is 49.2 Å². The van der Waals surface area contributed by atoms with Crippen LogP contribution < -0.4 is 21.7 Å². The summed E-state index contributed by atoms with van der Waals surface area (Å²) in [4.78, 5) is 158. The van der Waals surface area contributed by atoms with E-state index in [0.29, 0.717) is 12.8 Å². The molecule has 0 aromatic carbocycles. The molecule has 0 fully saturated rings. The molecule has 23 heteroatoms. The number of hydrogen-bond acceptors (Lipinski definition) is 14. The first kappa shape index (κ1) is 70.9. The summed E-state index contributed by atoms with van der Waals surface area (Å²) in [5.41, 5.74) is 6.12. The molecule has 23 nitrogen and oxygen atoms in total. The van der Waals surface area contributed by atoms with E-state index >= 15 is 0 Å². The van der Waals surface area contributed by atoms with Gasteiger partial charge in [-0.15, -0.1) is 0 Å². The van der Waals surface area contributed by atoms with Crippen molar-refractivity contribution in [2.75, 3.05) is 55.9 Å². The van der Waals surface area contributed by atoms with Gasteiger partial charge in [-0.3, -0.25) is 52.8 Å². The number of amides is 10. The van der Waals surface area contributed by atoms with E-state index in [-0.39, 0.29) is 42.9 Å². The van der Waals surface area contributed by atoms with Gasteiger partial charge in [0.25, 0.3) is 5.91 Å². The third-order valence-electron chi connectivity index (χ3n) is 13.4. The van der Waals surface area contributed by atoms with E-state index in [4.69, 9.17) is 10.5 Å². The molecule has 0 spiro atoms. The zero-order valence-corrected chi connectivity index (χ0v) is 50.0. The maximum Gasteiger partial charge on any atom is 0.327 e. The van der Waals surface area contributed by atoms with Crippen molar-refractivity contribution in [2.24, 2.45) is 35.3 Å². The van der Waals surface area contributed by atoms with Crippen LogP contribution in [0.5, 0.6) is 0 Å². The van der Waals surface area contributed by atoms with Gasteiger partial charge in [-0.05, 0) is 82.5 Å². The molecule has 0 saturated heterocycles. The number of carbonyl (C=O) groups excluding carboxylic acids is 11. The van der Waals surface area contributed by atoms with E-state index < -0.39 is 132 Å². The predicted octanol–water partition coefficient (Wildman–Crippen LogP) is 2.54. The molecule has 0 aromatic rings. The van der Waals surface area contributed by atoms with E-state index in [1.807, 2.05) is 41.5 Å². The highest BCUT2D eigenvalue weighted by atomic mass is 16.5. The van der Waals surface area contributed by atoms with E-state index in [1.165, 1.54) is 70.8 Å². The fourth-order valence-electron chi connectivity index (χ4n) is 8.51. The van der Waals surface area contributed by atoms with Crippen molar-refractivity contribution in [1.29, 1.82) is 0 Å². The minimum atomic E-state index is -1.62. The monoisotopic (exact) mass is 1090 g/mol. The molecule has 0 radical (unpaired) electrons. The first-order chi connectivity index (χ1) is 35.5. The molecule has 440 valence electrons. The maximum atomic E-state index is 14.8. The van der Waals surface area contributed by atoms with Gasteiger partial charge in [-0.1, -0.05) is 81.4 Å². The van der Waals surface area contributed by atoms with Gasteiger partial charge in [0.05, 0.1) is 13.2 Å². The Morgan fingerprint density at radius 3 is 1.49 bits per heavy atom. The number of rotatable bonds is 30. The number of ether oxygens (including phenoxy) is 2. The lowest BCUT2D eigenvalue weighted by atomic mass is 9.92. The van der Waals surface area contributed by atoms with Crippen LogP contribution in [0.1, 0.15) is 129 Å². The first-order valence-corrected chi connectivity index (χ1v) is 26.7. The van der Waals surface area contributed by atoms with Crippen LogP contribution in [0.15, 0.2) is 12.2 Å². The van der Waals surface area contributed by atoms with Crippen LogP contribution in [0.25, 0.3) is 0 Å². The molecule has 0 aliphatic rings. The average molecular weight is 1090 g/mol. The second-order valence-electron chi connectivity index (χ2n) is 21.8. The highest BCUT2D eigenvalue weighted by molar-refractivity contribution is 6.01. The zero-order valence-electron chi connectivity index (χ0n) is 50.0. The van der Waals surface area contributed by atoms with Crippen molar-refractivity contribution < 1.29 is 62.2 Å². The smallest absolute Gasteiger partial charge is 0.327 e. The van der Waals surface area contributed by atoms with Crippen molar-refractivity contribution in [2.45, 2.75) is 183 Å². The molecule has 0 heterocycles. The number of methoxy groups -OCH3 is 1. The largest absolute Gasteiger partial charge is 0.468 e. The lowest BCUT2D eigenvalue weighted by Crippen LogP contribution is -2.63. The molecule has 0 aliphatic carbocycles. The standard InChI is InChI=1S/C54H96N10O13/c1-22-24-25-34(11)45(77-37(14)65)44(48(69)58-38(23-2)50(71)59(15)29-42(66)76-21)63(19)54(75)64(20)52(73)41(28-32(7)8)62(18)51(72)40(27-31(5)6)61(17)49(70)36(13)57-46(67)35(12)56-47(68)39(26-30(3)4)60(16)53(74)43(55)33(9)10/h22,24,30-36,38-41,43-45H,23,25-29,55H2,1-21H3,(H,56,68)(H,57,67)(H,58,69)/b24-22+/t34-,35-,36-,38+,39+,40+,41+,43+,44?,45-/m1/s1. The minimum absolute atomic E-state index is 0.000943. The Morgan fingerprint density at radius 1 is 0.571 bits per heavy atom. The number of imide groups is 1. The number of nitrogens with zero attached hydrogens (tertiary/aromatic N) is 6. The summed E-state index contributed by atoms with van der Waals surface area (Å²) in [5, 5.41) is 7.95. The summed E-state index contributed by atoms with van der Waals surface area (Å²) >= 11 is 0. The van der Waals surface area contributed by atoms with Gasteiger partial charge < -0.3 is 55.7 Å². The molecule has 0 rings (SSSR count). The molecule has 5 N–H and O–H groups in total. The van der Waals surface area contributed by atoms with Crippen molar-refractivity contribution >= 4 is 65.2 Å². The number of esters is 2. The predicted molar refractivity (Wildman–Crippen MR) is 292 cm³/mol. The summed E-state index contributed by atoms with van der Waals surface area (Å²) < 4.78 is 10.4. The second-order valence-corrected chi connectivity index (χ2v) is 21.8. The highest BCUT2D eigenvalue weighted by Gasteiger charge is 2.45. The van der Waals surface area contributed by atoms with Crippen LogP contribution in [0, 0.1) is 29.6 Å². The summed E-state index contributed by atoms with van der Waals surface area (Å²) in [7, 11) is 9.24. The second kappa shape index (κ2) is 33.2. The summed E-state index contributed by atoms with van der Waals surface area (Å²) in [6.45, 7) is 23.4. The molecule has 0 aliphatic heterocycles. The van der Waals surface area contributed by atoms with Gasteiger partial charge in [0.15, 0.2) is 0 Å². The molecule has 0 bridgehead atoms. The molecule has 10 atom stereocenters. The number of nitrogens with two attached hydrogens (primary N) is 1. The first-order valence-electron chi connectivity index (χ1n) is 26.7. The molecule has 1 unspecified atom stereocenters. The Balaban J connectivity index is 7.01. The fourth-order valence-corrected chi connectivity index (χ4v) is 8.51. The topological polar surface area (TPSA) is 288 Å². The lowest BCUT2D eigenvalue weighted by Gasteiger charge is -2.39. The van der Waals surface area contributed by atoms with E-state index in [1.54, 1.807) is 46.8 Å². The van der Waals surface area contributed by atoms with Crippen molar-refractivity contribution in [1.82, 2.24) is 45.3 Å². The number of hydrogen-bond donors (Lipinski definition) is 4. The quantitative estimate of drug-likeness (QED) is 0.0595. The third kappa shape index (κ3) is 21.7. The number of nitrogens with one attached hydrogen (secondary N) is 3. The highest BCUT2D eigenvalue weighted by Crippen LogP contribution is 2.24. The molecule has 0 aromatic heterocycles. The van der Waals surface area contributed by atoms with Crippen molar-refractivity contribution in [3.63, 3.8) is 0 Å². The van der Waals surface area contributed by atoms with Gasteiger partial charge in [0.2, 0.25) is 41.4 Å². The molecular weight excluding hydrogens is 997 g/mol. The Morgan fingerprint density at radius 2 is 1.04 bits per heavy atom. The van der Waals surface area contributed by atoms with Crippen LogP contribution in [0.3, 0.4) is 0 Å². The van der Waals surface area contributed by atoms with E-state index in [9.17, 15) is 52.7 Å². The summed E-state index contributed by atoms with van der Waals surface area (Å²) in [6.07, 6.45) is 3.06. The van der Waals surface area contributed by atoms with Crippen LogP contribution in [-0.2, 0) is 57.4 Å². The Kier molecular flexibility index (Phi) is 30.6. The van der Waals surface area contributed by atoms with Crippen LogP contribution >= 0.6 is 0 Å². The van der Waals surface area contributed by atoms with Gasteiger partial charge in [0.1, 0.15) is 54.9 Å². The van der Waals surface area contributed by atoms with Crippen LogP contribution in [0.4, 0.5) is 4.79 Å².